The molecule has 0 spiro atoms. The third kappa shape index (κ3) is 3.35. The van der Waals surface area contributed by atoms with Gasteiger partial charge in [-0.3, -0.25) is 4.79 Å². The second-order valence-corrected chi connectivity index (χ2v) is 8.21. The number of rotatable bonds is 3. The zero-order valence-electron chi connectivity index (χ0n) is 16.0. The van der Waals surface area contributed by atoms with Gasteiger partial charge in [0.05, 0.1) is 27.8 Å². The predicted octanol–water partition coefficient (Wildman–Crippen LogP) is 4.93. The van der Waals surface area contributed by atoms with E-state index >= 15 is 0 Å². The molecule has 1 amide bonds. The first-order chi connectivity index (χ1) is 14.1. The van der Waals surface area contributed by atoms with Gasteiger partial charge in [0.25, 0.3) is 5.91 Å². The van der Waals surface area contributed by atoms with Gasteiger partial charge in [-0.2, -0.15) is 0 Å². The third-order valence-corrected chi connectivity index (χ3v) is 6.24. The molecule has 5 rings (SSSR count). The number of hydrogen-bond donors (Lipinski definition) is 1. The molecule has 0 saturated carbocycles. The van der Waals surface area contributed by atoms with Crippen LogP contribution in [0.5, 0.6) is 0 Å². The Bertz CT molecular complexity index is 1080. The number of carbonyl (C=O) groups is 1. The molecule has 150 valence electrons. The van der Waals surface area contributed by atoms with Gasteiger partial charge in [0.15, 0.2) is 0 Å². The molecule has 3 aromatic rings. The van der Waals surface area contributed by atoms with Crippen molar-refractivity contribution < 1.29 is 9.18 Å². The third-order valence-electron chi connectivity index (χ3n) is 5.93. The lowest BCUT2D eigenvalue weighted by Crippen LogP contribution is -2.31. The molecular formula is C22H22ClFN4O. The quantitative estimate of drug-likeness (QED) is 0.663. The Labute approximate surface area is 173 Å². The smallest absolute Gasteiger partial charge is 0.254 e. The SMILES string of the molecule is O=C(c1ccc(N2CCCC2)c(Cl)c1)N1CCCC1c1nc2ccc(F)cc2[nH]1. The molecule has 2 aliphatic rings. The van der Waals surface area contributed by atoms with Crippen LogP contribution in [-0.4, -0.2) is 40.4 Å². The molecule has 3 heterocycles. The molecule has 2 fully saturated rings. The molecule has 0 radical (unpaired) electrons. The van der Waals surface area contributed by atoms with Crippen LogP contribution in [-0.2, 0) is 0 Å². The van der Waals surface area contributed by atoms with Crippen LogP contribution in [0.15, 0.2) is 36.4 Å². The number of benzene rings is 2. The number of fused-ring (bicyclic) bond motifs is 1. The molecule has 2 saturated heterocycles. The number of H-pyrrole nitrogens is 1. The first kappa shape index (κ1) is 18.4. The number of aromatic nitrogens is 2. The van der Waals surface area contributed by atoms with Crippen LogP contribution in [0.4, 0.5) is 10.1 Å². The van der Waals surface area contributed by atoms with Crippen molar-refractivity contribution >= 4 is 34.2 Å². The largest absolute Gasteiger partial charge is 0.370 e. The standard InChI is InChI=1S/C22H22ClFN4O/c23-16-12-14(5-8-19(16)27-9-1-2-10-27)22(29)28-11-3-4-20(28)21-25-17-7-6-15(24)13-18(17)26-21/h5-8,12-13,20H,1-4,9-11H2,(H,25,26). The summed E-state index contributed by atoms with van der Waals surface area (Å²) < 4.78 is 13.5. The van der Waals surface area contributed by atoms with Gasteiger partial charge < -0.3 is 14.8 Å². The Morgan fingerprint density at radius 3 is 2.72 bits per heavy atom. The lowest BCUT2D eigenvalue weighted by molar-refractivity contribution is 0.0730. The Morgan fingerprint density at radius 2 is 1.93 bits per heavy atom. The van der Waals surface area contributed by atoms with Gasteiger partial charge in [-0.05, 0) is 62.1 Å². The zero-order valence-corrected chi connectivity index (χ0v) is 16.8. The number of halogens is 2. The Kier molecular flexibility index (Phi) is 4.66. The number of carbonyl (C=O) groups excluding carboxylic acids is 1. The van der Waals surface area contributed by atoms with Crippen molar-refractivity contribution in [3.05, 3.63) is 58.6 Å². The van der Waals surface area contributed by atoms with Gasteiger partial charge in [-0.1, -0.05) is 11.6 Å². The maximum absolute atomic E-state index is 13.5. The molecule has 7 heteroatoms. The van der Waals surface area contributed by atoms with E-state index < -0.39 is 0 Å². The molecule has 1 N–H and O–H groups in total. The number of nitrogens with zero attached hydrogens (tertiary/aromatic N) is 3. The van der Waals surface area contributed by atoms with E-state index in [1.165, 1.54) is 25.0 Å². The fourth-order valence-electron chi connectivity index (χ4n) is 4.47. The number of likely N-dealkylation sites (tertiary alicyclic amines) is 1. The van der Waals surface area contributed by atoms with Crippen LogP contribution in [0.2, 0.25) is 5.02 Å². The average Bonchev–Trinajstić information content (AvgIpc) is 3.46. The van der Waals surface area contributed by atoms with Crippen LogP contribution in [0.1, 0.15) is 47.9 Å². The molecule has 1 atom stereocenters. The molecule has 1 aromatic heterocycles. The van der Waals surface area contributed by atoms with Crippen LogP contribution >= 0.6 is 11.6 Å². The summed E-state index contributed by atoms with van der Waals surface area (Å²) in [6.45, 7) is 2.68. The van der Waals surface area contributed by atoms with Crippen molar-refractivity contribution in [3.8, 4) is 0 Å². The summed E-state index contributed by atoms with van der Waals surface area (Å²) in [6, 6.07) is 9.94. The van der Waals surface area contributed by atoms with Gasteiger partial charge in [-0.15, -0.1) is 0 Å². The van der Waals surface area contributed by atoms with Crippen LogP contribution < -0.4 is 4.90 Å². The van der Waals surface area contributed by atoms with Crippen molar-refractivity contribution in [1.29, 1.82) is 0 Å². The summed E-state index contributed by atoms with van der Waals surface area (Å²) in [5.74, 6) is 0.352. The number of hydrogen-bond acceptors (Lipinski definition) is 3. The minimum absolute atomic E-state index is 0.0472. The normalized spacial score (nSPS) is 19.4. The highest BCUT2D eigenvalue weighted by atomic mass is 35.5. The fraction of sp³-hybridized carbons (Fsp3) is 0.364. The number of imidazole rings is 1. The minimum atomic E-state index is -0.306. The van der Waals surface area contributed by atoms with E-state index in [1.54, 1.807) is 12.1 Å². The molecule has 1 unspecified atom stereocenters. The van der Waals surface area contributed by atoms with Gasteiger partial charge in [-0.25, -0.2) is 9.37 Å². The van der Waals surface area contributed by atoms with Gasteiger partial charge >= 0.3 is 0 Å². The summed E-state index contributed by atoms with van der Waals surface area (Å²) >= 11 is 6.52. The number of amides is 1. The first-order valence-electron chi connectivity index (χ1n) is 10.1. The fourth-order valence-corrected chi connectivity index (χ4v) is 4.77. The highest BCUT2D eigenvalue weighted by Gasteiger charge is 2.33. The Morgan fingerprint density at radius 1 is 1.10 bits per heavy atom. The van der Waals surface area contributed by atoms with E-state index in [0.717, 1.165) is 31.6 Å². The highest BCUT2D eigenvalue weighted by Crippen LogP contribution is 2.35. The number of anilines is 1. The maximum Gasteiger partial charge on any atom is 0.254 e. The van der Waals surface area contributed by atoms with E-state index in [1.807, 2.05) is 17.0 Å². The molecule has 0 aliphatic carbocycles. The molecular weight excluding hydrogens is 391 g/mol. The topological polar surface area (TPSA) is 52.2 Å². The zero-order chi connectivity index (χ0) is 20.0. The van der Waals surface area contributed by atoms with E-state index in [0.29, 0.717) is 34.0 Å². The molecule has 0 bridgehead atoms. The van der Waals surface area contributed by atoms with Crippen molar-refractivity contribution in [2.75, 3.05) is 24.5 Å². The van der Waals surface area contributed by atoms with Gasteiger partial charge in [0, 0.05) is 25.2 Å². The summed E-state index contributed by atoms with van der Waals surface area (Å²) in [7, 11) is 0. The Hall–Kier alpha value is -2.60. The first-order valence-corrected chi connectivity index (χ1v) is 10.5. The van der Waals surface area contributed by atoms with Crippen LogP contribution in [0.25, 0.3) is 11.0 Å². The highest BCUT2D eigenvalue weighted by molar-refractivity contribution is 6.33. The molecule has 2 aliphatic heterocycles. The van der Waals surface area contributed by atoms with Crippen molar-refractivity contribution in [3.63, 3.8) is 0 Å². The van der Waals surface area contributed by atoms with E-state index in [2.05, 4.69) is 14.9 Å². The van der Waals surface area contributed by atoms with Crippen molar-refractivity contribution in [1.82, 2.24) is 14.9 Å². The number of aromatic amines is 1. The molecule has 2 aromatic carbocycles. The van der Waals surface area contributed by atoms with E-state index in [9.17, 15) is 9.18 Å². The summed E-state index contributed by atoms with van der Waals surface area (Å²) in [5, 5.41) is 0.618. The lowest BCUT2D eigenvalue weighted by Gasteiger charge is -2.24. The number of nitrogens with one attached hydrogen (secondary N) is 1. The maximum atomic E-state index is 13.5. The second kappa shape index (κ2) is 7.34. The average molecular weight is 413 g/mol. The van der Waals surface area contributed by atoms with Gasteiger partial charge in [0.1, 0.15) is 11.6 Å². The van der Waals surface area contributed by atoms with E-state index in [4.69, 9.17) is 11.6 Å². The Balaban J connectivity index is 1.41. The second-order valence-electron chi connectivity index (χ2n) is 7.80. The van der Waals surface area contributed by atoms with Crippen molar-refractivity contribution in [2.45, 2.75) is 31.7 Å². The minimum Gasteiger partial charge on any atom is -0.370 e. The van der Waals surface area contributed by atoms with Crippen LogP contribution in [0.3, 0.4) is 0 Å². The molecule has 29 heavy (non-hydrogen) atoms. The predicted molar refractivity (Wildman–Crippen MR) is 112 cm³/mol. The van der Waals surface area contributed by atoms with Gasteiger partial charge in [0.2, 0.25) is 0 Å². The summed E-state index contributed by atoms with van der Waals surface area (Å²) in [6.07, 6.45) is 4.08. The van der Waals surface area contributed by atoms with Crippen LogP contribution in [0, 0.1) is 5.82 Å². The van der Waals surface area contributed by atoms with Crippen molar-refractivity contribution in [2.24, 2.45) is 0 Å². The summed E-state index contributed by atoms with van der Waals surface area (Å²) in [4.78, 5) is 25.1. The summed E-state index contributed by atoms with van der Waals surface area (Å²) in [5.41, 5.74) is 2.95. The monoisotopic (exact) mass is 412 g/mol. The lowest BCUT2D eigenvalue weighted by atomic mass is 10.1. The molecule has 5 nitrogen and oxygen atoms in total. The van der Waals surface area contributed by atoms with E-state index in [-0.39, 0.29) is 17.8 Å².